The van der Waals surface area contributed by atoms with Crippen LogP contribution < -0.4 is 15.4 Å². The smallest absolute Gasteiger partial charge is 0.222 e. The summed E-state index contributed by atoms with van der Waals surface area (Å²) in [7, 11) is 3.20. The highest BCUT2D eigenvalue weighted by molar-refractivity contribution is 6.30. The van der Waals surface area contributed by atoms with Crippen LogP contribution in [0.1, 0.15) is 13.3 Å². The Balaban J connectivity index is 2.40. The summed E-state index contributed by atoms with van der Waals surface area (Å²) in [5.41, 5.74) is 0.776. The van der Waals surface area contributed by atoms with Gasteiger partial charge in [0, 0.05) is 31.1 Å². The molecule has 0 spiro atoms. The van der Waals surface area contributed by atoms with E-state index in [-0.39, 0.29) is 11.9 Å². The third-order valence-electron chi connectivity index (χ3n) is 2.65. The van der Waals surface area contributed by atoms with E-state index in [9.17, 15) is 4.79 Å². The molecule has 0 heterocycles. The van der Waals surface area contributed by atoms with Gasteiger partial charge in [-0.25, -0.2) is 0 Å². The predicted molar refractivity (Wildman–Crippen MR) is 80.6 cm³/mol. The van der Waals surface area contributed by atoms with E-state index in [2.05, 4.69) is 10.6 Å². The number of hydrogen-bond donors (Lipinski definition) is 2. The zero-order valence-corrected chi connectivity index (χ0v) is 12.8. The molecule has 0 bridgehead atoms. The molecule has 0 radical (unpaired) electrons. The molecule has 2 N–H and O–H groups in total. The fraction of sp³-hybridized carbons (Fsp3) is 0.500. The average Bonchev–Trinajstić information content (AvgIpc) is 2.39. The van der Waals surface area contributed by atoms with E-state index in [1.54, 1.807) is 32.4 Å². The second kappa shape index (κ2) is 8.66. The normalized spacial score (nSPS) is 11.8. The van der Waals surface area contributed by atoms with Crippen molar-refractivity contribution in [3.63, 3.8) is 0 Å². The molecule has 0 saturated heterocycles. The van der Waals surface area contributed by atoms with Gasteiger partial charge in [-0.05, 0) is 25.1 Å². The number of carbonyl (C=O) groups excluding carboxylic acids is 1. The van der Waals surface area contributed by atoms with E-state index in [0.29, 0.717) is 30.3 Å². The molecule has 0 unspecified atom stereocenters. The third-order valence-corrected chi connectivity index (χ3v) is 2.89. The van der Waals surface area contributed by atoms with E-state index in [4.69, 9.17) is 21.1 Å². The fourth-order valence-corrected chi connectivity index (χ4v) is 1.94. The largest absolute Gasteiger partial charge is 0.495 e. The number of amides is 1. The molecule has 0 aromatic heterocycles. The molecule has 1 aromatic carbocycles. The molecule has 1 amide bonds. The number of halogens is 1. The Labute approximate surface area is 124 Å². The van der Waals surface area contributed by atoms with Gasteiger partial charge in [-0.1, -0.05) is 11.6 Å². The van der Waals surface area contributed by atoms with Crippen LogP contribution in [0.5, 0.6) is 5.75 Å². The van der Waals surface area contributed by atoms with E-state index in [1.165, 1.54) is 0 Å². The molecule has 0 aliphatic rings. The van der Waals surface area contributed by atoms with Crippen molar-refractivity contribution in [3.05, 3.63) is 23.2 Å². The lowest BCUT2D eigenvalue weighted by Crippen LogP contribution is -2.36. The predicted octanol–water partition coefficient (Wildman–Crippen LogP) is 2.30. The lowest BCUT2D eigenvalue weighted by atomic mass is 10.2. The highest BCUT2D eigenvalue weighted by atomic mass is 35.5. The maximum atomic E-state index is 11.7. The second-order valence-corrected chi connectivity index (χ2v) is 4.88. The van der Waals surface area contributed by atoms with E-state index < -0.39 is 0 Å². The van der Waals surface area contributed by atoms with Crippen LogP contribution in [0, 0.1) is 0 Å². The van der Waals surface area contributed by atoms with Crippen molar-refractivity contribution in [3.8, 4) is 5.75 Å². The minimum absolute atomic E-state index is 0.00760. The van der Waals surface area contributed by atoms with Gasteiger partial charge < -0.3 is 20.1 Å². The molecule has 5 nitrogen and oxygen atoms in total. The van der Waals surface area contributed by atoms with Crippen LogP contribution in [0.25, 0.3) is 0 Å². The van der Waals surface area contributed by atoms with Gasteiger partial charge in [0.2, 0.25) is 5.91 Å². The molecule has 1 atom stereocenters. The molecule has 112 valence electrons. The van der Waals surface area contributed by atoms with Gasteiger partial charge in [-0.2, -0.15) is 0 Å². The molecule has 0 aliphatic heterocycles. The molecule has 20 heavy (non-hydrogen) atoms. The summed E-state index contributed by atoms with van der Waals surface area (Å²) in [6, 6.07) is 5.32. The van der Waals surface area contributed by atoms with Gasteiger partial charge in [-0.3, -0.25) is 4.79 Å². The maximum absolute atomic E-state index is 11.7. The number of benzene rings is 1. The first-order valence-electron chi connectivity index (χ1n) is 6.42. The Kier molecular flexibility index (Phi) is 7.18. The quantitative estimate of drug-likeness (QED) is 0.773. The van der Waals surface area contributed by atoms with Crippen molar-refractivity contribution >= 4 is 23.2 Å². The topological polar surface area (TPSA) is 59.6 Å². The van der Waals surface area contributed by atoms with Crippen LogP contribution in [-0.4, -0.2) is 39.3 Å². The summed E-state index contributed by atoms with van der Waals surface area (Å²) >= 11 is 5.93. The minimum Gasteiger partial charge on any atom is -0.495 e. The van der Waals surface area contributed by atoms with Crippen molar-refractivity contribution in [2.24, 2.45) is 0 Å². The van der Waals surface area contributed by atoms with Crippen LogP contribution in [0.3, 0.4) is 0 Å². The van der Waals surface area contributed by atoms with Gasteiger partial charge in [0.15, 0.2) is 0 Å². The van der Waals surface area contributed by atoms with Crippen molar-refractivity contribution in [2.45, 2.75) is 19.4 Å². The number of nitrogens with one attached hydrogen (secondary N) is 2. The van der Waals surface area contributed by atoms with Gasteiger partial charge >= 0.3 is 0 Å². The first-order chi connectivity index (χ1) is 9.56. The second-order valence-electron chi connectivity index (χ2n) is 4.45. The van der Waals surface area contributed by atoms with Gasteiger partial charge in [-0.15, -0.1) is 0 Å². The van der Waals surface area contributed by atoms with Crippen molar-refractivity contribution in [1.82, 2.24) is 5.32 Å². The lowest BCUT2D eigenvalue weighted by Gasteiger charge is -2.14. The molecule has 6 heteroatoms. The summed E-state index contributed by atoms with van der Waals surface area (Å²) in [6.07, 6.45) is 0.365. The average molecular weight is 301 g/mol. The summed E-state index contributed by atoms with van der Waals surface area (Å²) in [5.74, 6) is 0.672. The molecule has 1 rings (SSSR count). The first-order valence-corrected chi connectivity index (χ1v) is 6.80. The first kappa shape index (κ1) is 16.6. The Hall–Kier alpha value is -1.46. The molecular formula is C14H21ClN2O3. The van der Waals surface area contributed by atoms with Gasteiger partial charge in [0.1, 0.15) is 5.75 Å². The number of methoxy groups -OCH3 is 2. The highest BCUT2D eigenvalue weighted by Gasteiger charge is 2.08. The van der Waals surface area contributed by atoms with E-state index in [0.717, 1.165) is 5.69 Å². The Morgan fingerprint density at radius 1 is 1.40 bits per heavy atom. The summed E-state index contributed by atoms with van der Waals surface area (Å²) in [6.45, 7) is 2.90. The number of hydrogen-bond acceptors (Lipinski definition) is 4. The van der Waals surface area contributed by atoms with Crippen LogP contribution in [0.4, 0.5) is 5.69 Å². The summed E-state index contributed by atoms with van der Waals surface area (Å²) < 4.78 is 10.2. The monoisotopic (exact) mass is 300 g/mol. The molecule has 0 aliphatic carbocycles. The Morgan fingerprint density at radius 2 is 2.15 bits per heavy atom. The molecule has 0 saturated carbocycles. The van der Waals surface area contributed by atoms with Crippen LogP contribution in [-0.2, 0) is 9.53 Å². The Bertz CT molecular complexity index is 440. The zero-order chi connectivity index (χ0) is 15.0. The van der Waals surface area contributed by atoms with Crippen molar-refractivity contribution < 1.29 is 14.3 Å². The van der Waals surface area contributed by atoms with E-state index in [1.807, 2.05) is 6.92 Å². The lowest BCUT2D eigenvalue weighted by molar-refractivity contribution is -0.121. The summed E-state index contributed by atoms with van der Waals surface area (Å²) in [5, 5.41) is 6.60. The number of anilines is 1. The highest BCUT2D eigenvalue weighted by Crippen LogP contribution is 2.27. The van der Waals surface area contributed by atoms with Crippen LogP contribution in [0.15, 0.2) is 18.2 Å². The van der Waals surface area contributed by atoms with E-state index >= 15 is 0 Å². The third kappa shape index (κ3) is 5.67. The standard InChI is InChI=1S/C14H21ClN2O3/c1-10(9-19-2)17-14(18)6-7-16-12-8-11(15)4-5-13(12)20-3/h4-5,8,10,16H,6-7,9H2,1-3H3,(H,17,18)/t10-/m0/s1. The molecular weight excluding hydrogens is 280 g/mol. The maximum Gasteiger partial charge on any atom is 0.222 e. The number of ether oxygens (including phenoxy) is 2. The number of carbonyl (C=O) groups is 1. The van der Waals surface area contributed by atoms with Gasteiger partial charge in [0.25, 0.3) is 0 Å². The fourth-order valence-electron chi connectivity index (χ4n) is 1.77. The summed E-state index contributed by atoms with van der Waals surface area (Å²) in [4.78, 5) is 11.7. The minimum atomic E-state index is -0.0250. The van der Waals surface area contributed by atoms with Gasteiger partial charge in [0.05, 0.1) is 19.4 Å². The Morgan fingerprint density at radius 3 is 2.80 bits per heavy atom. The van der Waals surface area contributed by atoms with Crippen LogP contribution in [0.2, 0.25) is 5.02 Å². The SMILES string of the molecule is COC[C@H](C)NC(=O)CCNc1cc(Cl)ccc1OC. The van der Waals surface area contributed by atoms with Crippen molar-refractivity contribution in [1.29, 1.82) is 0 Å². The van der Waals surface area contributed by atoms with Crippen molar-refractivity contribution in [2.75, 3.05) is 32.7 Å². The number of rotatable bonds is 8. The van der Waals surface area contributed by atoms with Crippen LogP contribution >= 0.6 is 11.6 Å². The molecule has 0 fully saturated rings. The molecule has 1 aromatic rings. The zero-order valence-electron chi connectivity index (χ0n) is 12.0.